The Kier molecular flexibility index (Phi) is 4.69. The number of phenolic OH excluding ortho intramolecular Hbond substituents is 1. The average Bonchev–Trinajstić information content (AvgIpc) is 2.55. The number of ether oxygens (including phenoxy) is 2. The van der Waals surface area contributed by atoms with Gasteiger partial charge >= 0.3 is 11.9 Å². The number of hydrogen-bond donors (Lipinski definition) is 1. The number of phenols is 1. The predicted molar refractivity (Wildman–Crippen MR) is 85.7 cm³/mol. The molecule has 0 bridgehead atoms. The van der Waals surface area contributed by atoms with Crippen molar-refractivity contribution < 1.29 is 24.2 Å². The largest absolute Gasteiger partial charge is 0.506 e. The molecule has 0 spiro atoms. The quantitative estimate of drug-likeness (QED) is 0.880. The van der Waals surface area contributed by atoms with Gasteiger partial charge in [0, 0.05) is 5.56 Å². The third kappa shape index (κ3) is 3.04. The number of hydrogen-bond acceptors (Lipinski definition) is 5. The van der Waals surface area contributed by atoms with E-state index < -0.39 is 11.9 Å². The Morgan fingerprint density at radius 3 is 2.04 bits per heavy atom. The average molecular weight is 314 g/mol. The second kappa shape index (κ2) is 6.52. The second-order valence-electron chi connectivity index (χ2n) is 5.17. The van der Waals surface area contributed by atoms with Crippen LogP contribution >= 0.6 is 0 Å². The zero-order valence-corrected chi connectivity index (χ0v) is 13.5. The molecule has 0 atom stereocenters. The maximum absolute atomic E-state index is 12.0. The van der Waals surface area contributed by atoms with Crippen LogP contribution in [-0.2, 0) is 9.47 Å². The van der Waals surface area contributed by atoms with Crippen LogP contribution in [0.3, 0.4) is 0 Å². The Labute approximate surface area is 134 Å². The fraction of sp³-hybridized carbons (Fsp3) is 0.222. The minimum absolute atomic E-state index is 0.0361. The first kappa shape index (κ1) is 16.5. The van der Waals surface area contributed by atoms with Crippen molar-refractivity contribution in [1.82, 2.24) is 0 Å². The number of carbonyl (C=O) groups excluding carboxylic acids is 2. The molecular weight excluding hydrogens is 296 g/mol. The summed E-state index contributed by atoms with van der Waals surface area (Å²) in [6, 6.07) is 8.89. The highest BCUT2D eigenvalue weighted by Crippen LogP contribution is 2.37. The lowest BCUT2D eigenvalue weighted by atomic mass is 9.93. The summed E-state index contributed by atoms with van der Waals surface area (Å²) in [6.07, 6.45) is 0. The van der Waals surface area contributed by atoms with Crippen LogP contribution in [0.5, 0.6) is 5.75 Å². The molecule has 23 heavy (non-hydrogen) atoms. The molecule has 0 aliphatic rings. The van der Waals surface area contributed by atoms with Crippen LogP contribution in [0.4, 0.5) is 0 Å². The van der Waals surface area contributed by atoms with Crippen molar-refractivity contribution in [3.63, 3.8) is 0 Å². The van der Waals surface area contributed by atoms with Crippen LogP contribution in [-0.4, -0.2) is 31.3 Å². The molecule has 0 heterocycles. The first-order valence-corrected chi connectivity index (χ1v) is 7.01. The third-order valence-corrected chi connectivity index (χ3v) is 3.72. The van der Waals surface area contributed by atoms with E-state index in [0.29, 0.717) is 16.7 Å². The molecule has 0 saturated carbocycles. The normalized spacial score (nSPS) is 10.3. The lowest BCUT2D eigenvalue weighted by Gasteiger charge is -2.15. The van der Waals surface area contributed by atoms with Crippen molar-refractivity contribution in [1.29, 1.82) is 0 Å². The van der Waals surface area contributed by atoms with Gasteiger partial charge < -0.3 is 14.6 Å². The van der Waals surface area contributed by atoms with Gasteiger partial charge in [-0.1, -0.05) is 29.8 Å². The summed E-state index contributed by atoms with van der Waals surface area (Å²) in [7, 11) is 2.48. The zero-order chi connectivity index (χ0) is 17.1. The number of aryl methyl sites for hydroxylation is 1. The lowest BCUT2D eigenvalue weighted by molar-refractivity contribution is 0.0595. The maximum Gasteiger partial charge on any atom is 0.341 e. The van der Waals surface area contributed by atoms with Gasteiger partial charge in [-0.15, -0.1) is 0 Å². The molecule has 1 N–H and O–H groups in total. The zero-order valence-electron chi connectivity index (χ0n) is 13.5. The van der Waals surface area contributed by atoms with Crippen LogP contribution in [0, 0.1) is 13.8 Å². The summed E-state index contributed by atoms with van der Waals surface area (Å²) in [6.45, 7) is 3.51. The van der Waals surface area contributed by atoms with Gasteiger partial charge in [-0.3, -0.25) is 0 Å². The maximum atomic E-state index is 12.0. The molecule has 2 aromatic rings. The van der Waals surface area contributed by atoms with Crippen LogP contribution in [0.15, 0.2) is 30.3 Å². The minimum atomic E-state index is -0.709. The van der Waals surface area contributed by atoms with Gasteiger partial charge in [0.2, 0.25) is 0 Å². The Morgan fingerprint density at radius 2 is 1.52 bits per heavy atom. The predicted octanol–water partition coefficient (Wildman–Crippen LogP) is 3.25. The van der Waals surface area contributed by atoms with Gasteiger partial charge in [0.05, 0.1) is 19.8 Å². The number of methoxy groups -OCH3 is 2. The summed E-state index contributed by atoms with van der Waals surface area (Å²) >= 11 is 0. The Bertz CT molecular complexity index is 760. The highest BCUT2D eigenvalue weighted by Gasteiger charge is 2.25. The van der Waals surface area contributed by atoms with E-state index in [9.17, 15) is 14.7 Å². The van der Waals surface area contributed by atoms with E-state index in [4.69, 9.17) is 9.47 Å². The molecule has 0 unspecified atom stereocenters. The fourth-order valence-electron chi connectivity index (χ4n) is 2.39. The number of aromatic hydroxyl groups is 1. The molecule has 0 saturated heterocycles. The van der Waals surface area contributed by atoms with E-state index in [1.54, 1.807) is 6.92 Å². The fourth-order valence-corrected chi connectivity index (χ4v) is 2.39. The molecule has 5 heteroatoms. The number of esters is 2. The van der Waals surface area contributed by atoms with E-state index in [0.717, 1.165) is 5.56 Å². The van der Waals surface area contributed by atoms with Crippen molar-refractivity contribution in [3.8, 4) is 16.9 Å². The molecule has 0 radical (unpaired) electrons. The van der Waals surface area contributed by atoms with Gasteiger partial charge in [-0.25, -0.2) is 9.59 Å². The van der Waals surface area contributed by atoms with E-state index in [1.807, 2.05) is 31.2 Å². The molecule has 120 valence electrons. The van der Waals surface area contributed by atoms with E-state index in [1.165, 1.54) is 20.3 Å². The standard InChI is InChI=1S/C18H18O5/c1-10-5-7-12(8-6-10)14-9-13(17(20)22-3)11(2)15(16(14)19)18(21)23-4/h5-9,19H,1-4H3. The highest BCUT2D eigenvalue weighted by atomic mass is 16.5. The van der Waals surface area contributed by atoms with Crippen molar-refractivity contribution >= 4 is 11.9 Å². The van der Waals surface area contributed by atoms with Crippen LogP contribution in [0.25, 0.3) is 11.1 Å². The minimum Gasteiger partial charge on any atom is -0.506 e. The lowest BCUT2D eigenvalue weighted by Crippen LogP contribution is -2.11. The second-order valence-corrected chi connectivity index (χ2v) is 5.17. The molecule has 0 aromatic heterocycles. The molecule has 0 aliphatic heterocycles. The van der Waals surface area contributed by atoms with Crippen molar-refractivity contribution in [2.24, 2.45) is 0 Å². The summed E-state index contributed by atoms with van der Waals surface area (Å²) in [4.78, 5) is 24.0. The van der Waals surface area contributed by atoms with Gasteiger partial charge in [-0.05, 0) is 31.0 Å². The van der Waals surface area contributed by atoms with Crippen LogP contribution in [0.2, 0.25) is 0 Å². The van der Waals surface area contributed by atoms with Gasteiger partial charge in [0.25, 0.3) is 0 Å². The SMILES string of the molecule is COC(=O)c1cc(-c2ccc(C)cc2)c(O)c(C(=O)OC)c1C. The number of carbonyl (C=O) groups is 2. The Morgan fingerprint density at radius 1 is 0.957 bits per heavy atom. The van der Waals surface area contributed by atoms with Gasteiger partial charge in [-0.2, -0.15) is 0 Å². The summed E-state index contributed by atoms with van der Waals surface area (Å²) < 4.78 is 9.49. The molecule has 5 nitrogen and oxygen atoms in total. The summed E-state index contributed by atoms with van der Waals surface area (Å²) in [5.41, 5.74) is 2.60. The molecule has 0 amide bonds. The molecule has 0 aliphatic carbocycles. The van der Waals surface area contributed by atoms with E-state index in [-0.39, 0.29) is 16.9 Å². The van der Waals surface area contributed by atoms with Crippen LogP contribution < -0.4 is 0 Å². The molecular formula is C18H18O5. The Balaban J connectivity index is 2.78. The molecule has 0 fully saturated rings. The Hall–Kier alpha value is -2.82. The monoisotopic (exact) mass is 314 g/mol. The van der Waals surface area contributed by atoms with Crippen molar-refractivity contribution in [2.75, 3.05) is 14.2 Å². The molecule has 2 aromatic carbocycles. The number of benzene rings is 2. The van der Waals surface area contributed by atoms with Crippen molar-refractivity contribution in [2.45, 2.75) is 13.8 Å². The summed E-state index contributed by atoms with van der Waals surface area (Å²) in [5.74, 6) is -1.51. The molecule has 2 rings (SSSR count). The van der Waals surface area contributed by atoms with Gasteiger partial charge in [0.1, 0.15) is 11.3 Å². The first-order chi connectivity index (χ1) is 10.9. The highest BCUT2D eigenvalue weighted by molar-refractivity contribution is 6.03. The van der Waals surface area contributed by atoms with Crippen molar-refractivity contribution in [3.05, 3.63) is 52.6 Å². The van der Waals surface area contributed by atoms with Crippen LogP contribution in [0.1, 0.15) is 31.8 Å². The van der Waals surface area contributed by atoms with Gasteiger partial charge in [0.15, 0.2) is 0 Å². The topological polar surface area (TPSA) is 72.8 Å². The number of rotatable bonds is 3. The summed E-state index contributed by atoms with van der Waals surface area (Å²) in [5, 5.41) is 10.5. The van der Waals surface area contributed by atoms with E-state index in [2.05, 4.69) is 0 Å². The van der Waals surface area contributed by atoms with E-state index >= 15 is 0 Å². The smallest absolute Gasteiger partial charge is 0.341 e. The first-order valence-electron chi connectivity index (χ1n) is 7.01. The third-order valence-electron chi connectivity index (χ3n) is 3.72.